The summed E-state index contributed by atoms with van der Waals surface area (Å²) in [5, 5.41) is 15.6. The molecule has 0 bridgehead atoms. The molecule has 7 nitrogen and oxygen atoms in total. The van der Waals surface area contributed by atoms with Crippen LogP contribution >= 0.6 is 23.2 Å². The van der Waals surface area contributed by atoms with Crippen LogP contribution in [-0.2, 0) is 18.3 Å². The number of halogens is 2. The van der Waals surface area contributed by atoms with Crippen molar-refractivity contribution < 1.29 is 9.90 Å². The van der Waals surface area contributed by atoms with Crippen LogP contribution in [-0.4, -0.2) is 50.3 Å². The van der Waals surface area contributed by atoms with E-state index in [0.29, 0.717) is 16.4 Å². The Labute approximate surface area is 185 Å². The van der Waals surface area contributed by atoms with Gasteiger partial charge in [-0.1, -0.05) is 37.0 Å². The van der Waals surface area contributed by atoms with Crippen molar-refractivity contribution in [2.45, 2.75) is 33.1 Å². The van der Waals surface area contributed by atoms with Crippen LogP contribution in [0.4, 0.5) is 5.82 Å². The number of aromatic nitrogens is 4. The van der Waals surface area contributed by atoms with Gasteiger partial charge in [0.15, 0.2) is 11.4 Å². The van der Waals surface area contributed by atoms with Crippen molar-refractivity contribution >= 4 is 45.8 Å². The summed E-state index contributed by atoms with van der Waals surface area (Å²) in [6, 6.07) is 3.64. The van der Waals surface area contributed by atoms with E-state index in [2.05, 4.69) is 23.9 Å². The predicted molar refractivity (Wildman–Crippen MR) is 120 cm³/mol. The minimum atomic E-state index is -0.0945. The monoisotopic (exact) mass is 449 g/mol. The lowest BCUT2D eigenvalue weighted by atomic mass is 9.99. The second-order valence-electron chi connectivity index (χ2n) is 7.61. The van der Waals surface area contributed by atoms with Gasteiger partial charge in [0.1, 0.15) is 11.0 Å². The SMILES string of the molecule is Cc1nn(C)c2nc(N(CCO)CC(=O)Cc3cnc(Cl)c(Cl)c3)cc(C(C)C)c12. The molecule has 0 saturated heterocycles. The summed E-state index contributed by atoms with van der Waals surface area (Å²) in [6.45, 7) is 6.50. The molecule has 30 heavy (non-hydrogen) atoms. The molecular formula is C21H25Cl2N5O2. The number of Topliss-reactive ketones (excluding diaryl/α,β-unsaturated/α-hetero) is 1. The number of hydrogen-bond acceptors (Lipinski definition) is 6. The quantitative estimate of drug-likeness (QED) is 0.527. The van der Waals surface area contributed by atoms with E-state index < -0.39 is 0 Å². The van der Waals surface area contributed by atoms with Gasteiger partial charge in [-0.2, -0.15) is 5.10 Å². The molecule has 1 N–H and O–H groups in total. The topological polar surface area (TPSA) is 84.1 Å². The van der Waals surface area contributed by atoms with E-state index in [9.17, 15) is 9.90 Å². The second kappa shape index (κ2) is 9.29. The van der Waals surface area contributed by atoms with Gasteiger partial charge in [-0.15, -0.1) is 0 Å². The summed E-state index contributed by atoms with van der Waals surface area (Å²) in [5.41, 5.74) is 3.49. The van der Waals surface area contributed by atoms with Gasteiger partial charge in [-0.25, -0.2) is 9.97 Å². The lowest BCUT2D eigenvalue weighted by molar-refractivity contribution is -0.117. The number of anilines is 1. The summed E-state index contributed by atoms with van der Waals surface area (Å²) in [6.07, 6.45) is 1.71. The Bertz CT molecular complexity index is 1080. The fourth-order valence-corrected chi connectivity index (χ4v) is 3.82. The van der Waals surface area contributed by atoms with Crippen molar-refractivity contribution in [1.29, 1.82) is 0 Å². The predicted octanol–water partition coefficient (Wildman–Crippen LogP) is 3.71. The summed E-state index contributed by atoms with van der Waals surface area (Å²) in [5.74, 6) is 0.854. The Morgan fingerprint density at radius 2 is 2.03 bits per heavy atom. The van der Waals surface area contributed by atoms with Crippen molar-refractivity contribution in [2.24, 2.45) is 7.05 Å². The number of rotatable bonds is 8. The summed E-state index contributed by atoms with van der Waals surface area (Å²) in [7, 11) is 1.86. The van der Waals surface area contributed by atoms with E-state index in [1.54, 1.807) is 21.8 Å². The summed E-state index contributed by atoms with van der Waals surface area (Å²) in [4.78, 5) is 23.3. The van der Waals surface area contributed by atoms with Gasteiger partial charge in [0, 0.05) is 31.6 Å². The third-order valence-corrected chi connectivity index (χ3v) is 5.61. The first kappa shape index (κ1) is 22.5. The number of carbonyl (C=O) groups is 1. The lowest BCUT2D eigenvalue weighted by Crippen LogP contribution is -2.34. The fraction of sp³-hybridized carbons (Fsp3) is 0.429. The standard InChI is InChI=1S/C21H25Cl2N5O2/c1-12(2)16-9-18(25-21-19(16)13(3)26-27(21)4)28(5-6-29)11-15(30)7-14-8-17(22)20(23)24-10-14/h8-10,12,29H,5-7,11H2,1-4H3. The third kappa shape index (κ3) is 4.74. The first-order chi connectivity index (χ1) is 14.2. The highest BCUT2D eigenvalue weighted by atomic mass is 35.5. The van der Waals surface area contributed by atoms with Crippen LogP contribution in [0.5, 0.6) is 0 Å². The molecule has 0 aliphatic rings. The van der Waals surface area contributed by atoms with Crippen LogP contribution < -0.4 is 4.90 Å². The maximum absolute atomic E-state index is 12.7. The molecule has 0 saturated carbocycles. The van der Waals surface area contributed by atoms with Crippen LogP contribution in [0, 0.1) is 6.92 Å². The molecule has 3 aromatic rings. The zero-order valence-electron chi connectivity index (χ0n) is 17.5. The van der Waals surface area contributed by atoms with E-state index in [1.165, 1.54) is 0 Å². The van der Waals surface area contributed by atoms with Gasteiger partial charge in [0.05, 0.1) is 23.9 Å². The third-order valence-electron chi connectivity index (χ3n) is 4.92. The normalized spacial score (nSPS) is 11.5. The molecular weight excluding hydrogens is 425 g/mol. The molecule has 160 valence electrons. The van der Waals surface area contributed by atoms with Crippen LogP contribution in [0.25, 0.3) is 11.0 Å². The minimum Gasteiger partial charge on any atom is -0.395 e. The Balaban J connectivity index is 1.91. The van der Waals surface area contributed by atoms with Crippen molar-refractivity contribution in [2.75, 3.05) is 24.6 Å². The van der Waals surface area contributed by atoms with E-state index in [-0.39, 0.29) is 43.0 Å². The number of aliphatic hydroxyl groups is 1. The summed E-state index contributed by atoms with van der Waals surface area (Å²) < 4.78 is 1.75. The highest BCUT2D eigenvalue weighted by molar-refractivity contribution is 6.41. The fourth-order valence-electron chi connectivity index (χ4n) is 3.53. The first-order valence-corrected chi connectivity index (χ1v) is 10.5. The number of fused-ring (bicyclic) bond motifs is 1. The average molecular weight is 450 g/mol. The molecule has 0 aliphatic carbocycles. The molecule has 0 spiro atoms. The van der Waals surface area contributed by atoms with E-state index in [1.807, 2.05) is 20.0 Å². The molecule has 3 heterocycles. The van der Waals surface area contributed by atoms with Gasteiger partial charge < -0.3 is 10.0 Å². The van der Waals surface area contributed by atoms with Gasteiger partial charge in [0.25, 0.3) is 0 Å². The van der Waals surface area contributed by atoms with E-state index in [0.717, 1.165) is 22.3 Å². The average Bonchev–Trinajstić information content (AvgIpc) is 2.97. The molecule has 3 rings (SSSR count). The largest absolute Gasteiger partial charge is 0.395 e. The number of aliphatic hydroxyl groups excluding tert-OH is 1. The Morgan fingerprint density at radius 3 is 2.67 bits per heavy atom. The van der Waals surface area contributed by atoms with Crippen LogP contribution in [0.2, 0.25) is 10.2 Å². The second-order valence-corrected chi connectivity index (χ2v) is 8.37. The van der Waals surface area contributed by atoms with Crippen LogP contribution in [0.15, 0.2) is 18.3 Å². The maximum atomic E-state index is 12.7. The number of aryl methyl sites for hydroxylation is 2. The number of pyridine rings is 2. The molecule has 3 aromatic heterocycles. The van der Waals surface area contributed by atoms with Gasteiger partial charge in [0.2, 0.25) is 0 Å². The van der Waals surface area contributed by atoms with E-state index >= 15 is 0 Å². The zero-order valence-corrected chi connectivity index (χ0v) is 19.0. The number of ketones is 1. The number of hydrogen-bond donors (Lipinski definition) is 1. The molecule has 0 radical (unpaired) electrons. The molecule has 0 amide bonds. The molecule has 9 heteroatoms. The number of carbonyl (C=O) groups excluding carboxylic acids is 1. The molecule has 0 fully saturated rings. The molecule has 0 aromatic carbocycles. The molecule has 0 unspecified atom stereocenters. The van der Waals surface area contributed by atoms with Crippen LogP contribution in [0.3, 0.4) is 0 Å². The van der Waals surface area contributed by atoms with Crippen molar-refractivity contribution in [3.8, 4) is 0 Å². The van der Waals surface area contributed by atoms with Crippen LogP contribution in [0.1, 0.15) is 36.6 Å². The van der Waals surface area contributed by atoms with Gasteiger partial charge >= 0.3 is 0 Å². The smallest absolute Gasteiger partial charge is 0.160 e. The van der Waals surface area contributed by atoms with Gasteiger partial charge in [-0.05, 0) is 36.1 Å². The highest BCUT2D eigenvalue weighted by Crippen LogP contribution is 2.30. The summed E-state index contributed by atoms with van der Waals surface area (Å²) >= 11 is 11.8. The van der Waals surface area contributed by atoms with Crippen molar-refractivity contribution in [3.05, 3.63) is 45.3 Å². The molecule has 0 atom stereocenters. The van der Waals surface area contributed by atoms with Crippen molar-refractivity contribution in [1.82, 2.24) is 19.7 Å². The molecule has 0 aliphatic heterocycles. The van der Waals surface area contributed by atoms with Crippen molar-refractivity contribution in [3.63, 3.8) is 0 Å². The Kier molecular flexibility index (Phi) is 6.95. The Hall–Kier alpha value is -2.22. The minimum absolute atomic E-state index is 0.0437. The zero-order chi connectivity index (χ0) is 22.0. The van der Waals surface area contributed by atoms with Gasteiger partial charge in [-0.3, -0.25) is 9.48 Å². The highest BCUT2D eigenvalue weighted by Gasteiger charge is 2.20. The lowest BCUT2D eigenvalue weighted by Gasteiger charge is -2.23. The van der Waals surface area contributed by atoms with E-state index in [4.69, 9.17) is 28.2 Å². The Morgan fingerprint density at radius 1 is 1.30 bits per heavy atom. The first-order valence-electron chi connectivity index (χ1n) is 9.73. The maximum Gasteiger partial charge on any atom is 0.160 e. The number of nitrogens with zero attached hydrogens (tertiary/aromatic N) is 5.